The molecule has 2 rings (SSSR count). The second kappa shape index (κ2) is 5.85. The normalized spacial score (nSPS) is 12.5. The Balaban J connectivity index is 2.25. The summed E-state index contributed by atoms with van der Waals surface area (Å²) in [5, 5.41) is 0. The molecule has 0 heterocycles. The molecule has 0 radical (unpaired) electrons. The lowest BCUT2D eigenvalue weighted by atomic mass is 9.94. The lowest BCUT2D eigenvalue weighted by Crippen LogP contribution is -2.15. The minimum Gasteiger partial charge on any atom is -0.324 e. The maximum Gasteiger partial charge on any atom is 0.124 e. The number of nitrogens with two attached hydrogens (primary N) is 1. The average Bonchev–Trinajstić information content (AvgIpc) is 2.30. The molecule has 0 aliphatic heterocycles. The van der Waals surface area contributed by atoms with Crippen LogP contribution in [0.5, 0.6) is 0 Å². The summed E-state index contributed by atoms with van der Waals surface area (Å²) >= 11 is 3.30. The SMILES string of the molecule is Cc1ccc(C)c(C(N)Cc2cc(F)cc(Br)c2)c1. The summed E-state index contributed by atoms with van der Waals surface area (Å²) in [6.07, 6.45) is 0.626. The summed E-state index contributed by atoms with van der Waals surface area (Å²) in [5.74, 6) is -0.238. The molecule has 0 amide bonds. The van der Waals surface area contributed by atoms with Crippen LogP contribution in [0.15, 0.2) is 40.9 Å². The average molecular weight is 322 g/mol. The number of hydrogen-bond acceptors (Lipinski definition) is 1. The minimum atomic E-state index is -0.238. The predicted octanol–water partition coefficient (Wildman–Crippen LogP) is 4.45. The molecule has 100 valence electrons. The van der Waals surface area contributed by atoms with E-state index in [-0.39, 0.29) is 11.9 Å². The molecule has 1 atom stereocenters. The number of halogens is 2. The Labute approximate surface area is 121 Å². The van der Waals surface area contributed by atoms with Gasteiger partial charge in [-0.05, 0) is 55.2 Å². The van der Waals surface area contributed by atoms with E-state index < -0.39 is 0 Å². The molecular formula is C16H17BrFN. The highest BCUT2D eigenvalue weighted by Gasteiger charge is 2.11. The van der Waals surface area contributed by atoms with Crippen LogP contribution in [-0.2, 0) is 6.42 Å². The summed E-state index contributed by atoms with van der Waals surface area (Å²) in [6, 6.07) is 11.0. The van der Waals surface area contributed by atoms with Crippen LogP contribution in [-0.4, -0.2) is 0 Å². The molecule has 0 spiro atoms. The summed E-state index contributed by atoms with van der Waals surface area (Å²) in [5.41, 5.74) is 10.7. The van der Waals surface area contributed by atoms with Gasteiger partial charge in [-0.1, -0.05) is 39.7 Å². The van der Waals surface area contributed by atoms with E-state index in [1.54, 1.807) is 0 Å². The molecule has 0 saturated carbocycles. The van der Waals surface area contributed by atoms with Gasteiger partial charge < -0.3 is 5.73 Å². The maximum absolute atomic E-state index is 13.4. The first-order valence-corrected chi connectivity index (χ1v) is 7.02. The van der Waals surface area contributed by atoms with Gasteiger partial charge in [0.2, 0.25) is 0 Å². The van der Waals surface area contributed by atoms with Gasteiger partial charge in [-0.25, -0.2) is 4.39 Å². The highest BCUT2D eigenvalue weighted by Crippen LogP contribution is 2.23. The van der Waals surface area contributed by atoms with Crippen LogP contribution in [0, 0.1) is 19.7 Å². The first-order valence-electron chi connectivity index (χ1n) is 6.23. The van der Waals surface area contributed by atoms with Gasteiger partial charge >= 0.3 is 0 Å². The zero-order chi connectivity index (χ0) is 14.0. The van der Waals surface area contributed by atoms with E-state index in [0.717, 1.165) is 15.6 Å². The van der Waals surface area contributed by atoms with Crippen molar-refractivity contribution < 1.29 is 4.39 Å². The van der Waals surface area contributed by atoms with Crippen LogP contribution in [0.25, 0.3) is 0 Å². The highest BCUT2D eigenvalue weighted by atomic mass is 79.9. The fourth-order valence-electron chi connectivity index (χ4n) is 2.25. The third kappa shape index (κ3) is 3.64. The standard InChI is InChI=1S/C16H17BrFN/c1-10-3-4-11(2)15(5-10)16(19)8-12-6-13(17)9-14(18)7-12/h3-7,9,16H,8,19H2,1-2H3. The zero-order valence-electron chi connectivity index (χ0n) is 11.1. The lowest BCUT2D eigenvalue weighted by Gasteiger charge is -2.16. The third-order valence-electron chi connectivity index (χ3n) is 3.21. The van der Waals surface area contributed by atoms with Crippen molar-refractivity contribution in [1.82, 2.24) is 0 Å². The fourth-order valence-corrected chi connectivity index (χ4v) is 2.76. The molecule has 0 aliphatic rings. The lowest BCUT2D eigenvalue weighted by molar-refractivity contribution is 0.620. The molecule has 3 heteroatoms. The van der Waals surface area contributed by atoms with E-state index in [2.05, 4.69) is 48.0 Å². The molecule has 2 aromatic rings. The Kier molecular flexibility index (Phi) is 4.38. The van der Waals surface area contributed by atoms with Crippen molar-refractivity contribution in [2.75, 3.05) is 0 Å². The van der Waals surface area contributed by atoms with Crippen molar-refractivity contribution in [2.45, 2.75) is 26.3 Å². The predicted molar refractivity (Wildman–Crippen MR) is 80.6 cm³/mol. The number of hydrogen-bond donors (Lipinski definition) is 1. The molecule has 2 aromatic carbocycles. The van der Waals surface area contributed by atoms with Crippen LogP contribution in [0.2, 0.25) is 0 Å². The van der Waals surface area contributed by atoms with Crippen molar-refractivity contribution in [3.63, 3.8) is 0 Å². The topological polar surface area (TPSA) is 26.0 Å². The van der Waals surface area contributed by atoms with Crippen molar-refractivity contribution >= 4 is 15.9 Å². The molecule has 0 saturated heterocycles. The number of rotatable bonds is 3. The molecule has 1 unspecified atom stereocenters. The second-order valence-corrected chi connectivity index (χ2v) is 5.86. The van der Waals surface area contributed by atoms with Crippen LogP contribution in [0.3, 0.4) is 0 Å². The molecular weight excluding hydrogens is 305 g/mol. The van der Waals surface area contributed by atoms with E-state index in [1.807, 2.05) is 6.07 Å². The Bertz CT molecular complexity index is 575. The summed E-state index contributed by atoms with van der Waals surface area (Å²) in [7, 11) is 0. The van der Waals surface area contributed by atoms with E-state index in [9.17, 15) is 4.39 Å². The largest absolute Gasteiger partial charge is 0.324 e. The Morgan fingerprint density at radius 1 is 1.16 bits per heavy atom. The maximum atomic E-state index is 13.4. The first-order chi connectivity index (χ1) is 8.95. The van der Waals surface area contributed by atoms with Gasteiger partial charge in [0.15, 0.2) is 0 Å². The van der Waals surface area contributed by atoms with Crippen LogP contribution < -0.4 is 5.73 Å². The van der Waals surface area contributed by atoms with Gasteiger partial charge in [0.05, 0.1) is 0 Å². The Hall–Kier alpha value is -1.19. The summed E-state index contributed by atoms with van der Waals surface area (Å²) < 4.78 is 14.1. The van der Waals surface area contributed by atoms with Crippen LogP contribution >= 0.6 is 15.9 Å². The smallest absolute Gasteiger partial charge is 0.124 e. The summed E-state index contributed by atoms with van der Waals surface area (Å²) in [6.45, 7) is 4.10. The molecule has 2 N–H and O–H groups in total. The van der Waals surface area contributed by atoms with Crippen molar-refractivity contribution in [3.05, 3.63) is 68.9 Å². The van der Waals surface area contributed by atoms with Crippen molar-refractivity contribution in [3.8, 4) is 0 Å². The van der Waals surface area contributed by atoms with Crippen LogP contribution in [0.4, 0.5) is 4.39 Å². The van der Waals surface area contributed by atoms with Crippen molar-refractivity contribution in [1.29, 1.82) is 0 Å². The van der Waals surface area contributed by atoms with E-state index >= 15 is 0 Å². The quantitative estimate of drug-likeness (QED) is 0.888. The van der Waals surface area contributed by atoms with Crippen molar-refractivity contribution in [2.24, 2.45) is 5.73 Å². The molecule has 0 aliphatic carbocycles. The van der Waals surface area contributed by atoms with Gasteiger partial charge in [0, 0.05) is 10.5 Å². The van der Waals surface area contributed by atoms with Gasteiger partial charge in [-0.15, -0.1) is 0 Å². The molecule has 0 bridgehead atoms. The van der Waals surface area contributed by atoms with Crippen LogP contribution in [0.1, 0.15) is 28.3 Å². The molecule has 1 nitrogen and oxygen atoms in total. The highest BCUT2D eigenvalue weighted by molar-refractivity contribution is 9.10. The fraction of sp³-hybridized carbons (Fsp3) is 0.250. The first kappa shape index (κ1) is 14.2. The van der Waals surface area contributed by atoms with E-state index in [4.69, 9.17) is 5.73 Å². The third-order valence-corrected chi connectivity index (χ3v) is 3.67. The molecule has 0 fully saturated rings. The van der Waals surface area contributed by atoms with Gasteiger partial charge in [-0.2, -0.15) is 0 Å². The van der Waals surface area contributed by atoms with E-state index in [0.29, 0.717) is 6.42 Å². The zero-order valence-corrected chi connectivity index (χ0v) is 12.7. The minimum absolute atomic E-state index is 0.117. The van der Waals surface area contributed by atoms with Gasteiger partial charge in [-0.3, -0.25) is 0 Å². The molecule has 19 heavy (non-hydrogen) atoms. The van der Waals surface area contributed by atoms with Gasteiger partial charge in [0.1, 0.15) is 5.82 Å². The van der Waals surface area contributed by atoms with Gasteiger partial charge in [0.25, 0.3) is 0 Å². The monoisotopic (exact) mass is 321 g/mol. The van der Waals surface area contributed by atoms with E-state index in [1.165, 1.54) is 23.3 Å². The summed E-state index contributed by atoms with van der Waals surface area (Å²) in [4.78, 5) is 0. The Morgan fingerprint density at radius 3 is 2.58 bits per heavy atom. The number of aryl methyl sites for hydroxylation is 2. The number of benzene rings is 2. The second-order valence-electron chi connectivity index (χ2n) is 4.95. The Morgan fingerprint density at radius 2 is 1.89 bits per heavy atom. The molecule has 0 aromatic heterocycles.